The molecule has 2 saturated heterocycles. The molecule has 0 bridgehead atoms. The minimum absolute atomic E-state index is 0.112. The van der Waals surface area contributed by atoms with Crippen LogP contribution in [0, 0.1) is 0 Å². The number of carbonyl (C=O) groups excluding carboxylic acids is 1. The van der Waals surface area contributed by atoms with Crippen molar-refractivity contribution in [1.29, 1.82) is 0 Å². The van der Waals surface area contributed by atoms with Gasteiger partial charge in [-0.15, -0.1) is 0 Å². The molecule has 6 nitrogen and oxygen atoms in total. The van der Waals surface area contributed by atoms with E-state index in [9.17, 15) is 4.79 Å². The zero-order chi connectivity index (χ0) is 15.2. The maximum absolute atomic E-state index is 12.6. The second kappa shape index (κ2) is 7.56. The Hall–Kier alpha value is -1.66. The summed E-state index contributed by atoms with van der Waals surface area (Å²) >= 11 is 0. The lowest BCUT2D eigenvalue weighted by molar-refractivity contribution is 0.0524. The highest BCUT2D eigenvalue weighted by Crippen LogP contribution is 2.18. The topological polar surface area (TPSA) is 63.7 Å². The van der Waals surface area contributed by atoms with Gasteiger partial charge in [0.15, 0.2) is 0 Å². The van der Waals surface area contributed by atoms with Crippen molar-refractivity contribution in [3.05, 3.63) is 24.5 Å². The molecule has 0 saturated carbocycles. The molecule has 2 aliphatic rings. The number of amides is 2. The first-order valence-electron chi connectivity index (χ1n) is 8.00. The number of nitrogens with one attached hydrogen (secondary N) is 1. The minimum atomic E-state index is -0.112. The van der Waals surface area contributed by atoms with Gasteiger partial charge in [-0.1, -0.05) is 0 Å². The van der Waals surface area contributed by atoms with Crippen molar-refractivity contribution in [2.24, 2.45) is 0 Å². The number of hydrogen-bond acceptors (Lipinski definition) is 4. The van der Waals surface area contributed by atoms with Crippen molar-refractivity contribution < 1.29 is 14.3 Å². The molecule has 22 heavy (non-hydrogen) atoms. The Labute approximate surface area is 130 Å². The number of ether oxygens (including phenoxy) is 2. The molecule has 2 atom stereocenters. The predicted octanol–water partition coefficient (Wildman–Crippen LogP) is 2.27. The Kier molecular flexibility index (Phi) is 5.24. The van der Waals surface area contributed by atoms with Crippen LogP contribution in [0.4, 0.5) is 10.5 Å². The van der Waals surface area contributed by atoms with Crippen LogP contribution >= 0.6 is 0 Å². The fourth-order valence-corrected chi connectivity index (χ4v) is 2.95. The minimum Gasteiger partial charge on any atom is -0.376 e. The number of pyridine rings is 1. The standard InChI is InChI=1S/C16H23N3O3/c20-16(18-13-4-1-7-17-10-13)19(11-14-5-2-8-21-14)12-15-6-3-9-22-15/h1,4,7,10,14-15H,2-3,5-6,8-9,11-12H2,(H,18,20)/t14-,15-/m0/s1. The number of carbonyl (C=O) groups is 1. The van der Waals surface area contributed by atoms with Crippen molar-refractivity contribution in [2.45, 2.75) is 37.9 Å². The highest BCUT2D eigenvalue weighted by molar-refractivity contribution is 5.89. The fourth-order valence-electron chi connectivity index (χ4n) is 2.95. The van der Waals surface area contributed by atoms with Gasteiger partial charge in [0.1, 0.15) is 0 Å². The smallest absolute Gasteiger partial charge is 0.322 e. The van der Waals surface area contributed by atoms with Crippen LogP contribution in [-0.4, -0.2) is 54.4 Å². The molecule has 1 N–H and O–H groups in total. The van der Waals surface area contributed by atoms with Crippen LogP contribution < -0.4 is 5.32 Å². The summed E-state index contributed by atoms with van der Waals surface area (Å²) < 4.78 is 11.3. The van der Waals surface area contributed by atoms with E-state index >= 15 is 0 Å². The van der Waals surface area contributed by atoms with Crippen molar-refractivity contribution >= 4 is 11.7 Å². The molecule has 1 aromatic rings. The Balaban J connectivity index is 1.61. The van der Waals surface area contributed by atoms with E-state index in [0.717, 1.165) is 38.9 Å². The Morgan fingerprint density at radius 2 is 1.91 bits per heavy atom. The summed E-state index contributed by atoms with van der Waals surface area (Å²) in [5.41, 5.74) is 0.706. The van der Waals surface area contributed by atoms with E-state index < -0.39 is 0 Å². The fraction of sp³-hybridized carbons (Fsp3) is 0.625. The van der Waals surface area contributed by atoms with Gasteiger partial charge < -0.3 is 19.7 Å². The first-order chi connectivity index (χ1) is 10.8. The molecular weight excluding hydrogens is 282 g/mol. The van der Waals surface area contributed by atoms with E-state index in [1.54, 1.807) is 18.5 Å². The van der Waals surface area contributed by atoms with Crippen LogP contribution in [0.5, 0.6) is 0 Å². The molecule has 2 fully saturated rings. The molecule has 3 heterocycles. The molecule has 6 heteroatoms. The van der Waals surface area contributed by atoms with Crippen LogP contribution in [0.1, 0.15) is 25.7 Å². The molecule has 0 aliphatic carbocycles. The normalized spacial score (nSPS) is 24.4. The summed E-state index contributed by atoms with van der Waals surface area (Å²) in [5, 5.41) is 2.90. The average molecular weight is 305 g/mol. The van der Waals surface area contributed by atoms with Crippen molar-refractivity contribution in [2.75, 3.05) is 31.6 Å². The number of anilines is 1. The molecule has 0 radical (unpaired) electrons. The third-order valence-electron chi connectivity index (χ3n) is 4.10. The third-order valence-corrected chi connectivity index (χ3v) is 4.10. The summed E-state index contributed by atoms with van der Waals surface area (Å²) in [4.78, 5) is 18.4. The van der Waals surface area contributed by atoms with Gasteiger partial charge >= 0.3 is 6.03 Å². The molecule has 0 unspecified atom stereocenters. The summed E-state index contributed by atoms with van der Waals surface area (Å²) in [7, 11) is 0. The summed E-state index contributed by atoms with van der Waals surface area (Å²) in [6.45, 7) is 2.82. The number of nitrogens with zero attached hydrogens (tertiary/aromatic N) is 2. The van der Waals surface area contributed by atoms with Crippen molar-refractivity contribution in [1.82, 2.24) is 9.88 Å². The van der Waals surface area contributed by atoms with E-state index in [-0.39, 0.29) is 18.2 Å². The lowest BCUT2D eigenvalue weighted by Gasteiger charge is -2.27. The molecule has 3 rings (SSSR count). The maximum atomic E-state index is 12.6. The van der Waals surface area contributed by atoms with Gasteiger partial charge in [-0.3, -0.25) is 4.98 Å². The van der Waals surface area contributed by atoms with Crippen molar-refractivity contribution in [3.8, 4) is 0 Å². The molecule has 2 amide bonds. The van der Waals surface area contributed by atoms with Gasteiger partial charge in [0.25, 0.3) is 0 Å². The van der Waals surface area contributed by atoms with Gasteiger partial charge in [0, 0.05) is 32.5 Å². The highest BCUT2D eigenvalue weighted by Gasteiger charge is 2.26. The highest BCUT2D eigenvalue weighted by atomic mass is 16.5. The number of urea groups is 1. The van der Waals surface area contributed by atoms with E-state index in [1.165, 1.54) is 0 Å². The monoisotopic (exact) mass is 305 g/mol. The molecule has 120 valence electrons. The van der Waals surface area contributed by atoms with E-state index in [0.29, 0.717) is 18.8 Å². The number of aromatic nitrogens is 1. The van der Waals surface area contributed by atoms with Crippen LogP contribution in [0.2, 0.25) is 0 Å². The van der Waals surface area contributed by atoms with E-state index in [2.05, 4.69) is 10.3 Å². The van der Waals surface area contributed by atoms with Crippen LogP contribution in [0.15, 0.2) is 24.5 Å². The summed E-state index contributed by atoms with van der Waals surface area (Å²) in [5.74, 6) is 0. The zero-order valence-corrected chi connectivity index (χ0v) is 12.7. The third kappa shape index (κ3) is 4.18. The lowest BCUT2D eigenvalue weighted by Crippen LogP contribution is -2.44. The molecular formula is C16H23N3O3. The first kappa shape index (κ1) is 15.2. The average Bonchev–Trinajstić information content (AvgIpc) is 3.21. The number of rotatable bonds is 5. The Bertz CT molecular complexity index is 453. The summed E-state index contributed by atoms with van der Waals surface area (Å²) in [6, 6.07) is 3.53. The van der Waals surface area contributed by atoms with Crippen LogP contribution in [0.25, 0.3) is 0 Å². The van der Waals surface area contributed by atoms with Gasteiger partial charge in [-0.25, -0.2) is 4.79 Å². The number of hydrogen-bond donors (Lipinski definition) is 1. The Morgan fingerprint density at radius 1 is 1.23 bits per heavy atom. The second-order valence-electron chi connectivity index (χ2n) is 5.85. The quantitative estimate of drug-likeness (QED) is 0.906. The predicted molar refractivity (Wildman–Crippen MR) is 82.8 cm³/mol. The maximum Gasteiger partial charge on any atom is 0.322 e. The zero-order valence-electron chi connectivity index (χ0n) is 12.7. The molecule has 0 aromatic carbocycles. The van der Waals surface area contributed by atoms with E-state index in [1.807, 2.05) is 11.0 Å². The van der Waals surface area contributed by atoms with Crippen LogP contribution in [-0.2, 0) is 9.47 Å². The Morgan fingerprint density at radius 3 is 2.41 bits per heavy atom. The molecule has 0 spiro atoms. The van der Waals surface area contributed by atoms with E-state index in [4.69, 9.17) is 9.47 Å². The summed E-state index contributed by atoms with van der Waals surface area (Å²) in [6.07, 6.45) is 7.79. The SMILES string of the molecule is O=C(Nc1cccnc1)N(C[C@@H]1CCCO1)C[C@@H]1CCCO1. The molecule has 1 aromatic heterocycles. The second-order valence-corrected chi connectivity index (χ2v) is 5.85. The van der Waals surface area contributed by atoms with Gasteiger partial charge in [-0.05, 0) is 37.8 Å². The first-order valence-corrected chi connectivity index (χ1v) is 8.00. The largest absolute Gasteiger partial charge is 0.376 e. The van der Waals surface area contributed by atoms with Gasteiger partial charge in [-0.2, -0.15) is 0 Å². The molecule has 2 aliphatic heterocycles. The van der Waals surface area contributed by atoms with Gasteiger partial charge in [0.2, 0.25) is 0 Å². The van der Waals surface area contributed by atoms with Crippen LogP contribution in [0.3, 0.4) is 0 Å². The van der Waals surface area contributed by atoms with Gasteiger partial charge in [0.05, 0.1) is 24.1 Å². The van der Waals surface area contributed by atoms with Crippen molar-refractivity contribution in [3.63, 3.8) is 0 Å². The lowest BCUT2D eigenvalue weighted by atomic mass is 10.2.